The number of rotatable bonds is 8. The first-order chi connectivity index (χ1) is 22.9. The highest BCUT2D eigenvalue weighted by atomic mass is 35.5. The van der Waals surface area contributed by atoms with Gasteiger partial charge < -0.3 is 15.4 Å². The van der Waals surface area contributed by atoms with Crippen molar-refractivity contribution in [1.29, 1.82) is 0 Å². The van der Waals surface area contributed by atoms with E-state index in [-0.39, 0.29) is 52.9 Å². The van der Waals surface area contributed by atoms with Crippen molar-refractivity contribution >= 4 is 40.8 Å². The molecule has 0 bridgehead atoms. The predicted octanol–water partition coefficient (Wildman–Crippen LogP) is 6.55. The minimum atomic E-state index is -0.618. The highest BCUT2D eigenvalue weighted by molar-refractivity contribution is 6.31. The lowest BCUT2D eigenvalue weighted by Crippen LogP contribution is -2.37. The number of Topliss-reactive ketones (excluding diaryl/α,β-unsaturated/α-hetero) is 1. The van der Waals surface area contributed by atoms with Crippen molar-refractivity contribution in [2.24, 2.45) is 0 Å². The molecule has 2 N–H and O–H groups in total. The summed E-state index contributed by atoms with van der Waals surface area (Å²) in [6.45, 7) is 7.39. The molecule has 2 aliphatic carbocycles. The molecular weight excluding hydrogens is 630 g/mol. The van der Waals surface area contributed by atoms with Gasteiger partial charge >= 0.3 is 5.97 Å². The maximum Gasteiger partial charge on any atom is 0.338 e. The Hall–Kier alpha value is -4.57. The Labute approximate surface area is 284 Å². The SMILES string of the molecule is Cc1c(C(=O)OC(C)(C)C)ccc2c1CC[C@@H]2NC(=O)c1cc(C(=O)NC2CCCCC2)nc2c(C(=O)Cc3ccccc3Cl)cnn12. The van der Waals surface area contributed by atoms with Gasteiger partial charge in [-0.15, -0.1) is 0 Å². The Bertz CT molecular complexity index is 1920. The molecule has 0 spiro atoms. The largest absolute Gasteiger partial charge is 0.456 e. The molecule has 1 saturated carbocycles. The number of nitrogens with zero attached hydrogens (tertiary/aromatic N) is 3. The van der Waals surface area contributed by atoms with Crippen LogP contribution < -0.4 is 10.6 Å². The highest BCUT2D eigenvalue weighted by Gasteiger charge is 2.31. The lowest BCUT2D eigenvalue weighted by molar-refractivity contribution is 0.00682. The summed E-state index contributed by atoms with van der Waals surface area (Å²) >= 11 is 6.33. The van der Waals surface area contributed by atoms with Gasteiger partial charge in [0.25, 0.3) is 11.8 Å². The summed E-state index contributed by atoms with van der Waals surface area (Å²) in [5.41, 5.74) is 3.73. The van der Waals surface area contributed by atoms with E-state index in [0.29, 0.717) is 29.0 Å². The zero-order valence-electron chi connectivity index (χ0n) is 27.7. The maximum absolute atomic E-state index is 14.0. The summed E-state index contributed by atoms with van der Waals surface area (Å²) in [5, 5.41) is 11.0. The van der Waals surface area contributed by atoms with Crippen molar-refractivity contribution < 1.29 is 23.9 Å². The topological polar surface area (TPSA) is 132 Å². The van der Waals surface area contributed by atoms with Crippen molar-refractivity contribution in [2.45, 2.75) is 96.7 Å². The normalized spacial score (nSPS) is 16.4. The first-order valence-corrected chi connectivity index (χ1v) is 16.9. The van der Waals surface area contributed by atoms with Crippen molar-refractivity contribution in [3.63, 3.8) is 0 Å². The van der Waals surface area contributed by atoms with Crippen LogP contribution in [-0.2, 0) is 17.6 Å². The smallest absolute Gasteiger partial charge is 0.338 e. The fourth-order valence-corrected chi connectivity index (χ4v) is 6.87. The molecule has 0 saturated heterocycles. The number of fused-ring (bicyclic) bond motifs is 2. The molecule has 11 heteroatoms. The molecular formula is C37H40ClN5O5. The molecule has 2 heterocycles. The van der Waals surface area contributed by atoms with Crippen LogP contribution in [-0.4, -0.2) is 49.8 Å². The molecule has 0 radical (unpaired) electrons. The predicted molar refractivity (Wildman–Crippen MR) is 182 cm³/mol. The number of carbonyl (C=O) groups excluding carboxylic acids is 4. The molecule has 0 unspecified atom stereocenters. The third-order valence-electron chi connectivity index (χ3n) is 9.10. The van der Waals surface area contributed by atoms with Gasteiger partial charge in [0.15, 0.2) is 11.4 Å². The van der Waals surface area contributed by atoms with Crippen molar-refractivity contribution in [1.82, 2.24) is 25.2 Å². The lowest BCUT2D eigenvalue weighted by atomic mass is 9.95. The summed E-state index contributed by atoms with van der Waals surface area (Å²) in [6, 6.07) is 11.8. The Morgan fingerprint density at radius 1 is 0.958 bits per heavy atom. The third-order valence-corrected chi connectivity index (χ3v) is 9.47. The molecule has 4 aromatic rings. The quantitative estimate of drug-likeness (QED) is 0.161. The second-order valence-corrected chi connectivity index (χ2v) is 14.1. The van der Waals surface area contributed by atoms with Crippen molar-refractivity contribution in [3.8, 4) is 0 Å². The number of nitrogens with one attached hydrogen (secondary N) is 2. The van der Waals surface area contributed by atoms with Gasteiger partial charge in [0.2, 0.25) is 0 Å². The first kappa shape index (κ1) is 33.3. The molecule has 250 valence electrons. The van der Waals surface area contributed by atoms with E-state index in [2.05, 4.69) is 20.7 Å². The molecule has 6 rings (SSSR count). The Morgan fingerprint density at radius 3 is 2.44 bits per heavy atom. The number of halogens is 1. The number of hydrogen-bond acceptors (Lipinski definition) is 7. The molecule has 0 aliphatic heterocycles. The molecule has 1 fully saturated rings. The van der Waals surface area contributed by atoms with Gasteiger partial charge in [0.1, 0.15) is 17.0 Å². The van der Waals surface area contributed by atoms with E-state index in [1.54, 1.807) is 30.3 Å². The number of amides is 2. The minimum absolute atomic E-state index is 0.00618. The van der Waals surface area contributed by atoms with Crippen molar-refractivity contribution in [2.75, 3.05) is 0 Å². The van der Waals surface area contributed by atoms with Crippen molar-refractivity contribution in [3.05, 3.63) is 98.5 Å². The first-order valence-electron chi connectivity index (χ1n) is 16.5. The van der Waals surface area contributed by atoms with Gasteiger partial charge in [-0.3, -0.25) is 14.4 Å². The minimum Gasteiger partial charge on any atom is -0.456 e. The summed E-state index contributed by atoms with van der Waals surface area (Å²) in [5.74, 6) is -1.54. The summed E-state index contributed by atoms with van der Waals surface area (Å²) < 4.78 is 6.92. The fraction of sp³-hybridized carbons (Fsp3) is 0.405. The van der Waals surface area contributed by atoms with E-state index < -0.39 is 17.4 Å². The molecule has 2 aromatic heterocycles. The van der Waals surface area contributed by atoms with Crippen LogP contribution in [0, 0.1) is 6.92 Å². The number of benzene rings is 2. The number of ketones is 1. The number of carbonyl (C=O) groups is 4. The molecule has 2 amide bonds. The number of hydrogen-bond donors (Lipinski definition) is 2. The molecule has 2 aliphatic rings. The Morgan fingerprint density at radius 2 is 1.71 bits per heavy atom. The number of esters is 1. The standard InChI is InChI=1S/C37H40ClN5O5/c1-21-24-16-17-29(26(24)15-14-25(21)36(47)48-37(2,3)4)42-35(46)31-19-30(34(45)40-23-11-6-5-7-12-23)41-33-27(20-39-43(31)33)32(44)18-22-10-8-9-13-28(22)38/h8-10,13-15,19-20,23,29H,5-7,11-12,16-18H2,1-4H3,(H,40,45)(H,42,46)/t29-/m0/s1. The number of ether oxygens (including phenoxy) is 1. The van der Waals surface area contributed by atoms with Crippen LogP contribution in [0.2, 0.25) is 5.02 Å². The van der Waals surface area contributed by atoms with Gasteiger partial charge in [-0.1, -0.05) is 55.1 Å². The zero-order valence-corrected chi connectivity index (χ0v) is 28.4. The van der Waals surface area contributed by atoms with E-state index in [1.807, 2.05) is 33.8 Å². The van der Waals surface area contributed by atoms with Gasteiger partial charge in [-0.25, -0.2) is 14.3 Å². The van der Waals surface area contributed by atoms with Crippen LogP contribution in [0.1, 0.15) is 129 Å². The molecule has 10 nitrogen and oxygen atoms in total. The molecule has 1 atom stereocenters. The average molecular weight is 670 g/mol. The number of aromatic nitrogens is 3. The Balaban J connectivity index is 1.31. The average Bonchev–Trinajstić information content (AvgIpc) is 3.66. The zero-order chi connectivity index (χ0) is 34.2. The van der Waals surface area contributed by atoms with Crippen LogP contribution in [0.5, 0.6) is 0 Å². The lowest BCUT2D eigenvalue weighted by Gasteiger charge is -2.22. The van der Waals surface area contributed by atoms with E-state index in [4.69, 9.17) is 16.3 Å². The molecule has 48 heavy (non-hydrogen) atoms. The van der Waals surface area contributed by atoms with Crippen LogP contribution in [0.4, 0.5) is 0 Å². The van der Waals surface area contributed by atoms with E-state index in [9.17, 15) is 19.2 Å². The molecule has 2 aromatic carbocycles. The Kier molecular flexibility index (Phi) is 9.38. The van der Waals surface area contributed by atoms with Crippen LogP contribution in [0.25, 0.3) is 5.65 Å². The van der Waals surface area contributed by atoms with E-state index in [0.717, 1.165) is 48.8 Å². The highest BCUT2D eigenvalue weighted by Crippen LogP contribution is 2.35. The second-order valence-electron chi connectivity index (χ2n) is 13.7. The summed E-state index contributed by atoms with van der Waals surface area (Å²) in [7, 11) is 0. The van der Waals surface area contributed by atoms with Crippen LogP contribution in [0.15, 0.2) is 48.7 Å². The maximum atomic E-state index is 14.0. The fourth-order valence-electron chi connectivity index (χ4n) is 6.67. The van der Waals surface area contributed by atoms with E-state index in [1.165, 1.54) is 16.8 Å². The van der Waals surface area contributed by atoms with Gasteiger partial charge in [-0.05, 0) is 87.8 Å². The van der Waals surface area contributed by atoms with E-state index >= 15 is 0 Å². The second kappa shape index (κ2) is 13.5. The monoisotopic (exact) mass is 669 g/mol. The summed E-state index contributed by atoms with van der Waals surface area (Å²) in [4.78, 5) is 58.5. The van der Waals surface area contributed by atoms with Gasteiger partial charge in [0, 0.05) is 23.6 Å². The third kappa shape index (κ3) is 6.99. The van der Waals surface area contributed by atoms with Crippen LogP contribution >= 0.6 is 11.6 Å². The summed E-state index contributed by atoms with van der Waals surface area (Å²) in [6.07, 6.45) is 7.67. The van der Waals surface area contributed by atoms with Gasteiger partial charge in [-0.2, -0.15) is 5.10 Å². The van der Waals surface area contributed by atoms with Gasteiger partial charge in [0.05, 0.1) is 23.4 Å². The van der Waals surface area contributed by atoms with Crippen LogP contribution in [0.3, 0.4) is 0 Å².